The fourth-order valence-corrected chi connectivity index (χ4v) is 4.45. The van der Waals surface area contributed by atoms with Crippen molar-refractivity contribution in [3.63, 3.8) is 0 Å². The number of thioether (sulfide) groups is 1. The molecular formula is C22H31N3O2S. The minimum atomic E-state index is -0.184. The summed E-state index contributed by atoms with van der Waals surface area (Å²) in [7, 11) is 0. The highest BCUT2D eigenvalue weighted by Gasteiger charge is 2.29. The van der Waals surface area contributed by atoms with Crippen LogP contribution in [0.1, 0.15) is 45.1 Å². The first-order valence-corrected chi connectivity index (χ1v) is 11.0. The second-order valence-electron chi connectivity index (χ2n) is 8.61. The summed E-state index contributed by atoms with van der Waals surface area (Å²) in [4.78, 5) is 13.6. The molecule has 0 spiro atoms. The van der Waals surface area contributed by atoms with Crippen molar-refractivity contribution in [2.24, 2.45) is 11.8 Å². The highest BCUT2D eigenvalue weighted by molar-refractivity contribution is 7.98. The van der Waals surface area contributed by atoms with Gasteiger partial charge in [0.2, 0.25) is 5.91 Å². The zero-order valence-electron chi connectivity index (χ0n) is 17.0. The van der Waals surface area contributed by atoms with Crippen LogP contribution in [0.25, 0.3) is 0 Å². The predicted molar refractivity (Wildman–Crippen MR) is 113 cm³/mol. The Labute approximate surface area is 172 Å². The minimum Gasteiger partial charge on any atom is -0.360 e. The lowest BCUT2D eigenvalue weighted by Crippen LogP contribution is -2.44. The van der Waals surface area contributed by atoms with Gasteiger partial charge in [0.15, 0.2) is 0 Å². The minimum absolute atomic E-state index is 0.143. The quantitative estimate of drug-likeness (QED) is 0.686. The van der Waals surface area contributed by atoms with Gasteiger partial charge in [-0.25, -0.2) is 0 Å². The van der Waals surface area contributed by atoms with Crippen molar-refractivity contribution in [2.75, 3.05) is 13.1 Å². The van der Waals surface area contributed by atoms with Gasteiger partial charge in [0, 0.05) is 22.9 Å². The van der Waals surface area contributed by atoms with E-state index in [0.717, 1.165) is 43.1 Å². The van der Waals surface area contributed by atoms with Crippen molar-refractivity contribution in [2.45, 2.75) is 56.2 Å². The summed E-state index contributed by atoms with van der Waals surface area (Å²) >= 11 is 1.75. The molecule has 1 fully saturated rings. The van der Waals surface area contributed by atoms with Crippen LogP contribution in [0.3, 0.4) is 0 Å². The molecule has 1 aromatic heterocycles. The van der Waals surface area contributed by atoms with Crippen molar-refractivity contribution >= 4 is 17.7 Å². The Balaban J connectivity index is 1.54. The number of aromatic nitrogens is 1. The largest absolute Gasteiger partial charge is 0.360 e. The predicted octanol–water partition coefficient (Wildman–Crippen LogP) is 4.04. The number of amides is 1. The number of nitrogens with zero attached hydrogens (tertiary/aromatic N) is 1. The van der Waals surface area contributed by atoms with Crippen molar-refractivity contribution in [1.82, 2.24) is 15.8 Å². The number of rotatable bonds is 7. The van der Waals surface area contributed by atoms with Crippen molar-refractivity contribution in [1.29, 1.82) is 0 Å². The Bertz CT molecular complexity index is 755. The molecule has 0 radical (unpaired) electrons. The zero-order valence-corrected chi connectivity index (χ0v) is 17.8. The molecule has 5 nitrogen and oxygen atoms in total. The zero-order chi connectivity index (χ0) is 20.0. The number of benzene rings is 1. The molecule has 2 unspecified atom stereocenters. The summed E-state index contributed by atoms with van der Waals surface area (Å²) < 4.78 is 5.54. The van der Waals surface area contributed by atoms with Crippen molar-refractivity contribution < 1.29 is 9.32 Å². The van der Waals surface area contributed by atoms with E-state index in [0.29, 0.717) is 18.3 Å². The Morgan fingerprint density at radius 2 is 2.07 bits per heavy atom. The van der Waals surface area contributed by atoms with Gasteiger partial charge in [0.25, 0.3) is 0 Å². The summed E-state index contributed by atoms with van der Waals surface area (Å²) in [6, 6.07) is 12.4. The van der Waals surface area contributed by atoms with E-state index in [1.807, 2.05) is 39.0 Å². The molecule has 0 bridgehead atoms. The normalized spacial score (nSPS) is 20.1. The highest BCUT2D eigenvalue weighted by Crippen LogP contribution is 2.28. The van der Waals surface area contributed by atoms with Crippen LogP contribution in [0.2, 0.25) is 0 Å². The van der Waals surface area contributed by atoms with E-state index < -0.39 is 0 Å². The molecule has 1 aliphatic rings. The molecule has 0 aliphatic carbocycles. The molecule has 1 saturated heterocycles. The van der Waals surface area contributed by atoms with E-state index in [2.05, 4.69) is 34.0 Å². The third-order valence-corrected chi connectivity index (χ3v) is 5.96. The Morgan fingerprint density at radius 1 is 1.29 bits per heavy atom. The average Bonchev–Trinajstić information content (AvgIpc) is 3.08. The number of carbonyl (C=O) groups excluding carboxylic acids is 1. The van der Waals surface area contributed by atoms with Gasteiger partial charge in [-0.15, -0.1) is 11.8 Å². The first-order valence-electron chi connectivity index (χ1n) is 10.0. The molecule has 152 valence electrons. The Hall–Kier alpha value is -1.79. The number of hydrogen-bond donors (Lipinski definition) is 2. The van der Waals surface area contributed by atoms with Gasteiger partial charge >= 0.3 is 0 Å². The molecule has 28 heavy (non-hydrogen) atoms. The van der Waals surface area contributed by atoms with Crippen LogP contribution in [-0.4, -0.2) is 29.7 Å². The SMILES string of the molecule is CC(C)(C)NC(=O)CC1CCNCC1Cc1cc(CSc2ccccc2)on1. The van der Waals surface area contributed by atoms with Gasteiger partial charge < -0.3 is 15.2 Å². The van der Waals surface area contributed by atoms with E-state index in [1.54, 1.807) is 11.8 Å². The summed E-state index contributed by atoms with van der Waals surface area (Å²) in [6.45, 7) is 7.97. The van der Waals surface area contributed by atoms with Crippen LogP contribution >= 0.6 is 11.8 Å². The topological polar surface area (TPSA) is 67.2 Å². The molecule has 2 N–H and O–H groups in total. The van der Waals surface area contributed by atoms with Gasteiger partial charge in [-0.2, -0.15) is 0 Å². The second-order valence-corrected chi connectivity index (χ2v) is 9.65. The smallest absolute Gasteiger partial charge is 0.220 e. The average molecular weight is 402 g/mol. The third kappa shape index (κ3) is 6.67. The second kappa shape index (κ2) is 9.61. The van der Waals surface area contributed by atoms with E-state index >= 15 is 0 Å². The van der Waals surface area contributed by atoms with E-state index in [-0.39, 0.29) is 11.4 Å². The van der Waals surface area contributed by atoms with Crippen molar-refractivity contribution in [3.8, 4) is 0 Å². The maximum Gasteiger partial charge on any atom is 0.220 e. The van der Waals surface area contributed by atoms with E-state index in [1.165, 1.54) is 4.90 Å². The fraction of sp³-hybridized carbons (Fsp3) is 0.545. The number of carbonyl (C=O) groups is 1. The van der Waals surface area contributed by atoms with Crippen LogP contribution in [0.15, 0.2) is 45.8 Å². The van der Waals surface area contributed by atoms with E-state index in [9.17, 15) is 4.79 Å². The molecule has 1 aromatic carbocycles. The number of piperidine rings is 1. The molecule has 1 aliphatic heterocycles. The lowest BCUT2D eigenvalue weighted by molar-refractivity contribution is -0.124. The lowest BCUT2D eigenvalue weighted by atomic mass is 9.81. The van der Waals surface area contributed by atoms with Crippen LogP contribution in [0.4, 0.5) is 0 Å². The fourth-order valence-electron chi connectivity index (χ4n) is 3.65. The van der Waals surface area contributed by atoms with Gasteiger partial charge in [-0.05, 0) is 70.7 Å². The van der Waals surface area contributed by atoms with Gasteiger partial charge in [0.1, 0.15) is 5.76 Å². The van der Waals surface area contributed by atoms with E-state index in [4.69, 9.17) is 4.52 Å². The molecule has 3 rings (SSSR count). The van der Waals surface area contributed by atoms with Crippen LogP contribution in [0.5, 0.6) is 0 Å². The first-order chi connectivity index (χ1) is 13.4. The summed E-state index contributed by atoms with van der Waals surface area (Å²) in [5.41, 5.74) is 0.801. The Kier molecular flexibility index (Phi) is 7.18. The van der Waals surface area contributed by atoms with Gasteiger partial charge in [-0.3, -0.25) is 4.79 Å². The molecule has 0 saturated carbocycles. The van der Waals surface area contributed by atoms with Crippen LogP contribution in [-0.2, 0) is 17.0 Å². The maximum absolute atomic E-state index is 12.4. The standard InChI is InChI=1S/C22H31N3O2S/c1-22(2,3)24-21(26)12-16-9-10-23-14-17(16)11-18-13-19(27-25-18)15-28-20-7-5-4-6-8-20/h4-8,13,16-17,23H,9-12,14-15H2,1-3H3,(H,24,26). The van der Waals surface area contributed by atoms with Crippen LogP contribution < -0.4 is 10.6 Å². The molecule has 2 heterocycles. The van der Waals surface area contributed by atoms with Crippen LogP contribution in [0, 0.1) is 11.8 Å². The molecule has 1 amide bonds. The molecule has 6 heteroatoms. The molecular weight excluding hydrogens is 370 g/mol. The van der Waals surface area contributed by atoms with Crippen molar-refractivity contribution in [3.05, 3.63) is 47.9 Å². The highest BCUT2D eigenvalue weighted by atomic mass is 32.2. The van der Waals surface area contributed by atoms with Gasteiger partial charge in [0.05, 0.1) is 11.4 Å². The lowest BCUT2D eigenvalue weighted by Gasteiger charge is -2.32. The summed E-state index contributed by atoms with van der Waals surface area (Å²) in [5.74, 6) is 2.60. The maximum atomic E-state index is 12.4. The summed E-state index contributed by atoms with van der Waals surface area (Å²) in [5, 5.41) is 10.8. The monoisotopic (exact) mass is 401 g/mol. The number of hydrogen-bond acceptors (Lipinski definition) is 5. The van der Waals surface area contributed by atoms with Gasteiger partial charge in [-0.1, -0.05) is 23.4 Å². The first kappa shape index (κ1) is 20.9. The number of nitrogens with one attached hydrogen (secondary N) is 2. The Morgan fingerprint density at radius 3 is 2.82 bits per heavy atom. The third-order valence-electron chi connectivity index (χ3n) is 4.93. The summed E-state index contributed by atoms with van der Waals surface area (Å²) in [6.07, 6.45) is 2.45. The molecule has 2 atom stereocenters. The molecule has 2 aromatic rings.